The average Bonchev–Trinajstić information content (AvgIpc) is 3.17. The minimum Gasteiger partial charge on any atom is -0.497 e. The van der Waals surface area contributed by atoms with Gasteiger partial charge in [0.25, 0.3) is 0 Å². The van der Waals surface area contributed by atoms with Crippen molar-refractivity contribution in [2.75, 3.05) is 19.0 Å². The zero-order valence-corrected chi connectivity index (χ0v) is 11.3. The second kappa shape index (κ2) is 4.56. The first-order chi connectivity index (χ1) is 9.86. The number of anilines is 1. The molecular weight excluding hydrogens is 254 g/mol. The summed E-state index contributed by atoms with van der Waals surface area (Å²) in [6, 6.07) is 10.2. The van der Waals surface area contributed by atoms with Gasteiger partial charge in [0.05, 0.1) is 25.5 Å². The van der Waals surface area contributed by atoms with Crippen LogP contribution >= 0.6 is 0 Å². The van der Waals surface area contributed by atoms with E-state index >= 15 is 0 Å². The topological polar surface area (TPSA) is 43.6 Å². The van der Waals surface area contributed by atoms with Crippen molar-refractivity contribution in [3.05, 3.63) is 47.9 Å². The standard InChI is InChI=1S/C16H17NO3/c1-18-10-4-5-13-12(9-10)16-11(6-8-20-16)15(17-13)14-3-2-7-19-14/h2-5,7,9,11,15-17H,6,8H2,1H3/t11-,15-,16-/m0/s1. The van der Waals surface area contributed by atoms with Crippen LogP contribution in [0.25, 0.3) is 0 Å². The molecule has 3 atom stereocenters. The molecule has 104 valence electrons. The second-order valence-electron chi connectivity index (χ2n) is 5.33. The van der Waals surface area contributed by atoms with Gasteiger partial charge in [0.1, 0.15) is 11.5 Å². The lowest BCUT2D eigenvalue weighted by Gasteiger charge is -2.35. The van der Waals surface area contributed by atoms with Gasteiger partial charge in [-0.05, 0) is 36.8 Å². The molecule has 1 aromatic carbocycles. The average molecular weight is 271 g/mol. The molecule has 1 aromatic heterocycles. The van der Waals surface area contributed by atoms with Crippen molar-refractivity contribution in [2.24, 2.45) is 5.92 Å². The highest BCUT2D eigenvalue weighted by molar-refractivity contribution is 5.59. The van der Waals surface area contributed by atoms with Crippen molar-refractivity contribution >= 4 is 5.69 Å². The van der Waals surface area contributed by atoms with Crippen LogP contribution in [0.3, 0.4) is 0 Å². The predicted octanol–water partition coefficient (Wildman–Crippen LogP) is 3.53. The molecule has 1 saturated heterocycles. The van der Waals surface area contributed by atoms with Crippen LogP contribution in [-0.4, -0.2) is 13.7 Å². The Morgan fingerprint density at radius 1 is 1.30 bits per heavy atom. The first-order valence-electron chi connectivity index (χ1n) is 6.96. The van der Waals surface area contributed by atoms with E-state index in [0.29, 0.717) is 5.92 Å². The first-order valence-corrected chi connectivity index (χ1v) is 6.96. The van der Waals surface area contributed by atoms with Gasteiger partial charge in [-0.3, -0.25) is 0 Å². The maximum Gasteiger partial charge on any atom is 0.126 e. The number of hydrogen-bond acceptors (Lipinski definition) is 4. The lowest BCUT2D eigenvalue weighted by molar-refractivity contribution is 0.0806. The molecule has 4 heteroatoms. The maximum atomic E-state index is 5.97. The number of fused-ring (bicyclic) bond motifs is 3. The summed E-state index contributed by atoms with van der Waals surface area (Å²) in [7, 11) is 1.69. The predicted molar refractivity (Wildman–Crippen MR) is 74.9 cm³/mol. The summed E-state index contributed by atoms with van der Waals surface area (Å²) in [4.78, 5) is 0. The summed E-state index contributed by atoms with van der Waals surface area (Å²) in [6.07, 6.45) is 2.89. The third kappa shape index (κ3) is 1.72. The molecule has 4 nitrogen and oxygen atoms in total. The Bertz CT molecular complexity index is 608. The number of rotatable bonds is 2. The Kier molecular flexibility index (Phi) is 2.70. The van der Waals surface area contributed by atoms with E-state index in [4.69, 9.17) is 13.9 Å². The number of benzene rings is 1. The van der Waals surface area contributed by atoms with Crippen LogP contribution in [0.4, 0.5) is 5.69 Å². The van der Waals surface area contributed by atoms with Crippen LogP contribution in [-0.2, 0) is 4.74 Å². The fourth-order valence-corrected chi connectivity index (χ4v) is 3.33. The molecule has 4 rings (SSSR count). The quantitative estimate of drug-likeness (QED) is 0.907. The minimum absolute atomic E-state index is 0.122. The molecule has 0 bridgehead atoms. The number of furan rings is 1. The number of methoxy groups -OCH3 is 1. The lowest BCUT2D eigenvalue weighted by atomic mass is 9.83. The van der Waals surface area contributed by atoms with E-state index < -0.39 is 0 Å². The monoisotopic (exact) mass is 271 g/mol. The Morgan fingerprint density at radius 2 is 2.25 bits per heavy atom. The molecule has 1 N–H and O–H groups in total. The van der Waals surface area contributed by atoms with Crippen molar-refractivity contribution in [1.82, 2.24) is 0 Å². The largest absolute Gasteiger partial charge is 0.497 e. The van der Waals surface area contributed by atoms with Crippen molar-refractivity contribution in [3.63, 3.8) is 0 Å². The Morgan fingerprint density at radius 3 is 3.05 bits per heavy atom. The van der Waals surface area contributed by atoms with Gasteiger partial charge in [0, 0.05) is 23.8 Å². The molecule has 0 saturated carbocycles. The fraction of sp³-hybridized carbons (Fsp3) is 0.375. The number of nitrogens with one attached hydrogen (secondary N) is 1. The molecule has 0 radical (unpaired) electrons. The molecule has 2 aromatic rings. The number of hydrogen-bond donors (Lipinski definition) is 1. The van der Waals surface area contributed by atoms with Gasteiger partial charge < -0.3 is 19.2 Å². The van der Waals surface area contributed by atoms with Gasteiger partial charge in [-0.15, -0.1) is 0 Å². The van der Waals surface area contributed by atoms with E-state index in [1.54, 1.807) is 13.4 Å². The van der Waals surface area contributed by atoms with Gasteiger partial charge >= 0.3 is 0 Å². The molecular formula is C16H17NO3. The minimum atomic E-state index is 0.122. The van der Waals surface area contributed by atoms with Crippen LogP contribution in [0.15, 0.2) is 41.0 Å². The van der Waals surface area contributed by atoms with Gasteiger partial charge in [-0.2, -0.15) is 0 Å². The van der Waals surface area contributed by atoms with Crippen molar-refractivity contribution in [1.29, 1.82) is 0 Å². The molecule has 3 heterocycles. The molecule has 20 heavy (non-hydrogen) atoms. The summed E-state index contributed by atoms with van der Waals surface area (Å²) in [5.74, 6) is 2.25. The van der Waals surface area contributed by atoms with Gasteiger partial charge in [0.15, 0.2) is 0 Å². The molecule has 0 unspecified atom stereocenters. The van der Waals surface area contributed by atoms with E-state index in [1.807, 2.05) is 18.2 Å². The van der Waals surface area contributed by atoms with E-state index in [0.717, 1.165) is 30.2 Å². The van der Waals surface area contributed by atoms with E-state index in [2.05, 4.69) is 17.4 Å². The highest BCUT2D eigenvalue weighted by Crippen LogP contribution is 2.50. The smallest absolute Gasteiger partial charge is 0.126 e. The van der Waals surface area contributed by atoms with E-state index in [9.17, 15) is 0 Å². The zero-order valence-electron chi connectivity index (χ0n) is 11.3. The van der Waals surface area contributed by atoms with Crippen molar-refractivity contribution in [2.45, 2.75) is 18.6 Å². The van der Waals surface area contributed by atoms with Crippen LogP contribution < -0.4 is 10.1 Å². The molecule has 0 aliphatic carbocycles. The van der Waals surface area contributed by atoms with Crippen molar-refractivity contribution < 1.29 is 13.9 Å². The van der Waals surface area contributed by atoms with E-state index in [1.165, 1.54) is 5.56 Å². The normalized spacial score (nSPS) is 27.6. The van der Waals surface area contributed by atoms with Crippen LogP contribution in [0.2, 0.25) is 0 Å². The third-order valence-electron chi connectivity index (χ3n) is 4.29. The Labute approximate surface area is 117 Å². The van der Waals surface area contributed by atoms with E-state index in [-0.39, 0.29) is 12.1 Å². The fourth-order valence-electron chi connectivity index (χ4n) is 3.33. The summed E-state index contributed by atoms with van der Waals surface area (Å²) < 4.78 is 16.9. The maximum absolute atomic E-state index is 5.97. The molecule has 0 spiro atoms. The lowest BCUT2D eigenvalue weighted by Crippen LogP contribution is -2.28. The molecule has 2 aliphatic heterocycles. The SMILES string of the molecule is COc1ccc2c(c1)[C@H]1OCC[C@H]1[C@@H](c1ccco1)N2. The zero-order chi connectivity index (χ0) is 13.5. The Hall–Kier alpha value is -1.94. The summed E-state index contributed by atoms with van der Waals surface area (Å²) >= 11 is 0. The van der Waals surface area contributed by atoms with Crippen LogP contribution in [0, 0.1) is 5.92 Å². The van der Waals surface area contributed by atoms with Gasteiger partial charge in [-0.25, -0.2) is 0 Å². The van der Waals surface area contributed by atoms with Crippen molar-refractivity contribution in [3.8, 4) is 5.75 Å². The molecule has 1 fully saturated rings. The summed E-state index contributed by atoms with van der Waals surface area (Å²) in [5.41, 5.74) is 2.30. The number of ether oxygens (including phenoxy) is 2. The van der Waals surface area contributed by atoms with Crippen LogP contribution in [0.1, 0.15) is 29.9 Å². The molecule has 0 amide bonds. The summed E-state index contributed by atoms with van der Waals surface area (Å²) in [6.45, 7) is 0.796. The second-order valence-corrected chi connectivity index (χ2v) is 5.33. The third-order valence-corrected chi connectivity index (χ3v) is 4.29. The first kappa shape index (κ1) is 11.9. The Balaban J connectivity index is 1.78. The highest BCUT2D eigenvalue weighted by Gasteiger charge is 2.42. The van der Waals surface area contributed by atoms with Crippen LogP contribution in [0.5, 0.6) is 5.75 Å². The van der Waals surface area contributed by atoms with Gasteiger partial charge in [-0.1, -0.05) is 0 Å². The summed E-state index contributed by atoms with van der Waals surface area (Å²) in [5, 5.41) is 3.59. The highest BCUT2D eigenvalue weighted by atomic mass is 16.5. The molecule has 2 aliphatic rings. The van der Waals surface area contributed by atoms with Gasteiger partial charge in [0.2, 0.25) is 0 Å².